The van der Waals surface area contributed by atoms with Crippen LogP contribution in [0.1, 0.15) is 38.5 Å². The summed E-state index contributed by atoms with van der Waals surface area (Å²) in [5, 5.41) is 22.1. The van der Waals surface area contributed by atoms with Gasteiger partial charge in [0.2, 0.25) is 0 Å². The van der Waals surface area contributed by atoms with Gasteiger partial charge in [-0.25, -0.2) is 0 Å². The van der Waals surface area contributed by atoms with Crippen LogP contribution in [-0.4, -0.2) is 65.3 Å². The first-order valence-electron chi connectivity index (χ1n) is 9.54. The van der Waals surface area contributed by atoms with Gasteiger partial charge in [-0.15, -0.1) is 10.2 Å². The lowest BCUT2D eigenvalue weighted by Crippen LogP contribution is -2.60. The van der Waals surface area contributed by atoms with Crippen molar-refractivity contribution >= 4 is 35.9 Å². The number of rotatable bonds is 7. The Hall–Kier alpha value is -0.595. The first-order valence-corrected chi connectivity index (χ1v) is 10.3. The predicted octanol–water partition coefficient (Wildman–Crippen LogP) is 2.70. The van der Waals surface area contributed by atoms with Crippen molar-refractivity contribution < 1.29 is 5.02 Å². The van der Waals surface area contributed by atoms with Crippen LogP contribution in [-0.2, 0) is 0 Å². The van der Waals surface area contributed by atoms with Crippen LogP contribution in [0.5, 0.6) is 0 Å². The standard InChI is InChI=1S/C17H28BCl2N5O/c1-18(26)25-13-5-3-6-14(25)10-12(9-13)21-7-4-8-24(2)15-11-16(19)22-23-17(15)20/h11-14,21,26H,3-10H2,1-2H3/t12-,13-,14?/m0/s1. The Balaban J connectivity index is 1.44. The molecule has 2 aliphatic rings. The molecule has 1 aromatic rings. The third kappa shape index (κ3) is 4.81. The molecule has 2 saturated heterocycles. The number of nitrogens with zero attached hydrogens (tertiary/aromatic N) is 4. The molecule has 9 heteroatoms. The number of hydrogen-bond acceptors (Lipinski definition) is 6. The molecule has 2 bridgehead atoms. The fraction of sp³-hybridized carbons (Fsp3) is 0.765. The maximum Gasteiger partial charge on any atom is 0.376 e. The summed E-state index contributed by atoms with van der Waals surface area (Å²) in [6.07, 6.45) is 6.98. The van der Waals surface area contributed by atoms with E-state index in [-0.39, 0.29) is 7.05 Å². The van der Waals surface area contributed by atoms with E-state index in [9.17, 15) is 5.02 Å². The van der Waals surface area contributed by atoms with Gasteiger partial charge in [-0.2, -0.15) is 0 Å². The van der Waals surface area contributed by atoms with Gasteiger partial charge in [0, 0.05) is 37.8 Å². The minimum absolute atomic E-state index is 0.328. The van der Waals surface area contributed by atoms with Gasteiger partial charge >= 0.3 is 7.05 Å². The highest BCUT2D eigenvalue weighted by molar-refractivity contribution is 6.45. The molecule has 1 unspecified atom stereocenters. The zero-order valence-electron chi connectivity index (χ0n) is 15.5. The van der Waals surface area contributed by atoms with Crippen molar-refractivity contribution in [1.82, 2.24) is 20.3 Å². The second-order valence-electron chi connectivity index (χ2n) is 7.56. The molecule has 1 aromatic heterocycles. The van der Waals surface area contributed by atoms with Gasteiger partial charge in [0.25, 0.3) is 0 Å². The van der Waals surface area contributed by atoms with E-state index >= 15 is 0 Å². The maximum atomic E-state index is 10.1. The van der Waals surface area contributed by atoms with Crippen molar-refractivity contribution in [3.63, 3.8) is 0 Å². The van der Waals surface area contributed by atoms with E-state index in [1.165, 1.54) is 19.3 Å². The van der Waals surface area contributed by atoms with E-state index in [4.69, 9.17) is 23.2 Å². The van der Waals surface area contributed by atoms with Gasteiger partial charge in [0.15, 0.2) is 10.3 Å². The second-order valence-corrected chi connectivity index (χ2v) is 8.30. The van der Waals surface area contributed by atoms with Crippen LogP contribution >= 0.6 is 23.2 Å². The highest BCUT2D eigenvalue weighted by Crippen LogP contribution is 2.34. The molecule has 0 amide bonds. The van der Waals surface area contributed by atoms with Crippen molar-refractivity contribution in [1.29, 1.82) is 0 Å². The number of aromatic nitrogens is 2. The highest BCUT2D eigenvalue weighted by atomic mass is 35.5. The minimum Gasteiger partial charge on any atom is -0.437 e. The van der Waals surface area contributed by atoms with E-state index in [2.05, 4.69) is 25.2 Å². The summed E-state index contributed by atoms with van der Waals surface area (Å²) in [4.78, 5) is 4.40. The van der Waals surface area contributed by atoms with E-state index in [1.54, 1.807) is 6.07 Å². The molecule has 0 saturated carbocycles. The summed E-state index contributed by atoms with van der Waals surface area (Å²) in [6.45, 7) is 3.74. The second kappa shape index (κ2) is 9.06. The number of hydrogen-bond donors (Lipinski definition) is 2. The predicted molar refractivity (Wildman–Crippen MR) is 108 cm³/mol. The van der Waals surface area contributed by atoms with Gasteiger partial charge in [-0.3, -0.25) is 0 Å². The number of halogens is 2. The Kier molecular flexibility index (Phi) is 7.02. The SMILES string of the molecule is CB(O)N1C2CCC[C@H]1C[C@H](NCCCN(C)c1cc(Cl)nnc1Cl)C2. The molecule has 0 aliphatic carbocycles. The van der Waals surface area contributed by atoms with Crippen LogP contribution in [0.4, 0.5) is 5.69 Å². The Labute approximate surface area is 166 Å². The summed E-state index contributed by atoms with van der Waals surface area (Å²) < 4.78 is 0. The van der Waals surface area contributed by atoms with E-state index in [0.29, 0.717) is 28.4 Å². The first-order chi connectivity index (χ1) is 12.5. The van der Waals surface area contributed by atoms with Crippen LogP contribution in [0.15, 0.2) is 6.07 Å². The van der Waals surface area contributed by atoms with Crippen LogP contribution in [0.2, 0.25) is 17.1 Å². The van der Waals surface area contributed by atoms with Crippen molar-refractivity contribution in [3.05, 3.63) is 16.4 Å². The lowest BCUT2D eigenvalue weighted by molar-refractivity contribution is 0.0825. The van der Waals surface area contributed by atoms with Gasteiger partial charge in [-0.05, 0) is 45.5 Å². The molecule has 6 nitrogen and oxygen atoms in total. The highest BCUT2D eigenvalue weighted by Gasteiger charge is 2.40. The molecule has 0 radical (unpaired) electrons. The number of fused-ring (bicyclic) bond motifs is 2. The van der Waals surface area contributed by atoms with Crippen LogP contribution in [0, 0.1) is 0 Å². The monoisotopic (exact) mass is 399 g/mol. The zero-order valence-corrected chi connectivity index (χ0v) is 17.0. The summed E-state index contributed by atoms with van der Waals surface area (Å²) >= 11 is 12.0. The van der Waals surface area contributed by atoms with Crippen LogP contribution in [0.3, 0.4) is 0 Å². The molecule has 3 rings (SSSR count). The topological polar surface area (TPSA) is 64.5 Å². The smallest absolute Gasteiger partial charge is 0.376 e. The average molecular weight is 400 g/mol. The summed E-state index contributed by atoms with van der Waals surface area (Å²) in [6, 6.07) is 3.33. The van der Waals surface area contributed by atoms with E-state index < -0.39 is 0 Å². The van der Waals surface area contributed by atoms with Crippen molar-refractivity contribution in [2.45, 2.75) is 63.5 Å². The zero-order chi connectivity index (χ0) is 18.7. The number of anilines is 1. The van der Waals surface area contributed by atoms with Crippen molar-refractivity contribution in [3.8, 4) is 0 Å². The molecule has 2 N–H and O–H groups in total. The lowest BCUT2D eigenvalue weighted by atomic mass is 9.71. The fourth-order valence-corrected chi connectivity index (χ4v) is 4.93. The fourth-order valence-electron chi connectivity index (χ4n) is 4.55. The van der Waals surface area contributed by atoms with Gasteiger partial charge < -0.3 is 20.1 Å². The largest absolute Gasteiger partial charge is 0.437 e. The maximum absolute atomic E-state index is 10.1. The molecule has 3 heterocycles. The Morgan fingerprint density at radius 1 is 1.31 bits per heavy atom. The minimum atomic E-state index is -0.328. The van der Waals surface area contributed by atoms with E-state index in [0.717, 1.165) is 38.0 Å². The van der Waals surface area contributed by atoms with Crippen molar-refractivity contribution in [2.75, 3.05) is 25.0 Å². The van der Waals surface area contributed by atoms with Gasteiger partial charge in [0.1, 0.15) is 0 Å². The molecule has 0 spiro atoms. The molecule has 2 fully saturated rings. The molecular weight excluding hydrogens is 372 g/mol. The summed E-state index contributed by atoms with van der Waals surface area (Å²) in [5.74, 6) is 0. The molecular formula is C17H28BCl2N5O. The third-order valence-corrected chi connectivity index (χ3v) is 6.13. The normalized spacial score (nSPS) is 26.0. The lowest BCUT2D eigenvalue weighted by Gasteiger charge is -2.50. The van der Waals surface area contributed by atoms with Crippen LogP contribution < -0.4 is 10.2 Å². The van der Waals surface area contributed by atoms with E-state index in [1.807, 2.05) is 13.9 Å². The summed E-state index contributed by atoms with van der Waals surface area (Å²) in [7, 11) is 1.66. The molecule has 26 heavy (non-hydrogen) atoms. The van der Waals surface area contributed by atoms with Gasteiger partial charge in [0.05, 0.1) is 5.69 Å². The number of nitrogens with one attached hydrogen (secondary N) is 1. The molecule has 0 aromatic carbocycles. The van der Waals surface area contributed by atoms with Crippen molar-refractivity contribution in [2.24, 2.45) is 0 Å². The summed E-state index contributed by atoms with van der Waals surface area (Å²) in [5.41, 5.74) is 0.812. The van der Waals surface area contributed by atoms with Crippen LogP contribution in [0.25, 0.3) is 0 Å². The number of piperidine rings is 2. The molecule has 144 valence electrons. The average Bonchev–Trinajstić information content (AvgIpc) is 2.59. The molecule has 3 atom stereocenters. The first kappa shape index (κ1) is 20.1. The Bertz CT molecular complexity index is 595. The Morgan fingerprint density at radius 2 is 2.00 bits per heavy atom. The Morgan fingerprint density at radius 3 is 2.65 bits per heavy atom. The quantitative estimate of drug-likeness (QED) is 0.542. The molecule has 2 aliphatic heterocycles. The van der Waals surface area contributed by atoms with Gasteiger partial charge in [-0.1, -0.05) is 29.6 Å². The third-order valence-electron chi connectivity index (χ3n) is 5.68.